The van der Waals surface area contributed by atoms with Crippen LogP contribution in [0.1, 0.15) is 55.3 Å². The molecule has 1 saturated carbocycles. The molecule has 0 aromatic heterocycles. The van der Waals surface area contributed by atoms with Gasteiger partial charge in [-0.25, -0.2) is 0 Å². The molecule has 198 valence electrons. The number of carbonyl (C=O) groups excluding carboxylic acids is 3. The largest absolute Gasteiger partial charge is 0.497 e. The molecule has 9 heteroatoms. The molecule has 3 aliphatic rings. The van der Waals surface area contributed by atoms with Crippen molar-refractivity contribution in [1.82, 2.24) is 20.0 Å². The van der Waals surface area contributed by atoms with E-state index >= 15 is 0 Å². The van der Waals surface area contributed by atoms with Crippen LogP contribution in [0.25, 0.3) is 0 Å². The smallest absolute Gasteiger partial charge is 0.254 e. The molecule has 3 amide bonds. The molecular weight excluding hydrogens is 460 g/mol. The molecule has 1 atom stereocenters. The van der Waals surface area contributed by atoms with E-state index in [2.05, 4.69) is 10.2 Å². The third-order valence-corrected chi connectivity index (χ3v) is 7.78. The fourth-order valence-electron chi connectivity index (χ4n) is 5.79. The monoisotopic (exact) mass is 500 g/mol. The van der Waals surface area contributed by atoms with Crippen LogP contribution in [-0.2, 0) is 9.59 Å². The summed E-state index contributed by atoms with van der Waals surface area (Å²) in [6.45, 7) is 4.62. The predicted octanol–water partition coefficient (Wildman–Crippen LogP) is 2.15. The van der Waals surface area contributed by atoms with Gasteiger partial charge in [0.05, 0.1) is 20.3 Å². The van der Waals surface area contributed by atoms with Crippen LogP contribution in [0.4, 0.5) is 0 Å². The average Bonchev–Trinajstić information content (AvgIpc) is 3.58. The second-order valence-electron chi connectivity index (χ2n) is 10.0. The minimum absolute atomic E-state index is 0.0508. The number of methoxy groups -OCH3 is 2. The van der Waals surface area contributed by atoms with Gasteiger partial charge in [0.15, 0.2) is 0 Å². The van der Waals surface area contributed by atoms with E-state index in [1.807, 2.05) is 9.80 Å². The van der Waals surface area contributed by atoms with E-state index in [-0.39, 0.29) is 23.8 Å². The zero-order chi connectivity index (χ0) is 25.5. The van der Waals surface area contributed by atoms with Crippen molar-refractivity contribution in [3.05, 3.63) is 23.8 Å². The highest BCUT2D eigenvalue weighted by Gasteiger charge is 2.37. The molecule has 1 aliphatic carbocycles. The van der Waals surface area contributed by atoms with Gasteiger partial charge < -0.3 is 24.6 Å². The molecule has 9 nitrogen and oxygen atoms in total. The van der Waals surface area contributed by atoms with Crippen LogP contribution in [0.5, 0.6) is 11.5 Å². The second kappa shape index (κ2) is 12.4. The second-order valence-corrected chi connectivity index (χ2v) is 10.0. The van der Waals surface area contributed by atoms with Gasteiger partial charge in [-0.3, -0.25) is 19.3 Å². The van der Waals surface area contributed by atoms with Crippen molar-refractivity contribution in [3.63, 3.8) is 0 Å². The summed E-state index contributed by atoms with van der Waals surface area (Å²) in [4.78, 5) is 44.4. The number of ether oxygens (including phenoxy) is 2. The lowest BCUT2D eigenvalue weighted by atomic mass is 9.95. The Balaban J connectivity index is 1.32. The van der Waals surface area contributed by atoms with Crippen LogP contribution in [0.15, 0.2) is 18.2 Å². The minimum atomic E-state index is -0.157. The van der Waals surface area contributed by atoms with Crippen molar-refractivity contribution in [1.29, 1.82) is 0 Å². The van der Waals surface area contributed by atoms with Gasteiger partial charge in [-0.2, -0.15) is 0 Å². The van der Waals surface area contributed by atoms with E-state index in [0.717, 1.165) is 32.2 Å². The number of likely N-dealkylation sites (tertiary alicyclic amines) is 1. The van der Waals surface area contributed by atoms with Gasteiger partial charge in [0.25, 0.3) is 5.91 Å². The van der Waals surface area contributed by atoms with Crippen LogP contribution in [0.2, 0.25) is 0 Å². The van der Waals surface area contributed by atoms with Crippen LogP contribution >= 0.6 is 0 Å². The fraction of sp³-hybridized carbons (Fsp3) is 0.667. The number of hydrogen-bond acceptors (Lipinski definition) is 6. The Labute approximate surface area is 214 Å². The van der Waals surface area contributed by atoms with Crippen molar-refractivity contribution in [2.24, 2.45) is 5.92 Å². The van der Waals surface area contributed by atoms with Crippen molar-refractivity contribution in [3.8, 4) is 11.5 Å². The molecule has 1 N–H and O–H groups in total. The Morgan fingerprint density at radius 3 is 2.22 bits per heavy atom. The first-order chi connectivity index (χ1) is 17.5. The predicted molar refractivity (Wildman–Crippen MR) is 136 cm³/mol. The maximum Gasteiger partial charge on any atom is 0.254 e. The zero-order valence-corrected chi connectivity index (χ0v) is 21.7. The van der Waals surface area contributed by atoms with Gasteiger partial charge in [0, 0.05) is 63.9 Å². The SMILES string of the molecule is COc1cc(OC)cc(C(=O)N2CCN(C(C(=O)NCCCN3CCCC3=O)C3CCCC3)CC2)c1. The van der Waals surface area contributed by atoms with E-state index in [0.29, 0.717) is 68.7 Å². The van der Waals surface area contributed by atoms with Gasteiger partial charge in [0.1, 0.15) is 11.5 Å². The molecule has 3 fully saturated rings. The lowest BCUT2D eigenvalue weighted by molar-refractivity contribution is -0.129. The number of piperazine rings is 1. The van der Waals surface area contributed by atoms with Gasteiger partial charge >= 0.3 is 0 Å². The maximum atomic E-state index is 13.3. The number of amides is 3. The fourth-order valence-corrected chi connectivity index (χ4v) is 5.79. The molecule has 1 aromatic rings. The topological polar surface area (TPSA) is 91.4 Å². The number of carbonyl (C=O) groups is 3. The first-order valence-electron chi connectivity index (χ1n) is 13.3. The molecule has 2 heterocycles. The van der Waals surface area contributed by atoms with Crippen molar-refractivity contribution >= 4 is 17.7 Å². The Hall–Kier alpha value is -2.81. The van der Waals surface area contributed by atoms with E-state index < -0.39 is 0 Å². The van der Waals surface area contributed by atoms with Gasteiger partial charge in [0.2, 0.25) is 11.8 Å². The van der Waals surface area contributed by atoms with Crippen molar-refractivity contribution in [2.75, 3.05) is 60.0 Å². The number of nitrogens with one attached hydrogen (secondary N) is 1. The molecule has 2 saturated heterocycles. The number of nitrogens with zero attached hydrogens (tertiary/aromatic N) is 3. The Morgan fingerprint density at radius 1 is 0.972 bits per heavy atom. The van der Waals surface area contributed by atoms with Crippen LogP contribution in [-0.4, -0.2) is 98.5 Å². The van der Waals surface area contributed by atoms with Crippen molar-refractivity contribution in [2.45, 2.75) is 51.0 Å². The normalized spacial score (nSPS) is 20.0. The average molecular weight is 501 g/mol. The Bertz CT molecular complexity index is 902. The Kier molecular flexibility index (Phi) is 9.07. The quantitative estimate of drug-likeness (QED) is 0.495. The first-order valence-corrected chi connectivity index (χ1v) is 13.3. The van der Waals surface area contributed by atoms with E-state index in [9.17, 15) is 14.4 Å². The summed E-state index contributed by atoms with van der Waals surface area (Å²) >= 11 is 0. The van der Waals surface area contributed by atoms with E-state index in [1.54, 1.807) is 32.4 Å². The van der Waals surface area contributed by atoms with E-state index in [4.69, 9.17) is 9.47 Å². The molecular formula is C27H40N4O5. The number of benzene rings is 1. The van der Waals surface area contributed by atoms with Gasteiger partial charge in [-0.1, -0.05) is 12.8 Å². The molecule has 0 bridgehead atoms. The van der Waals surface area contributed by atoms with Crippen molar-refractivity contribution < 1.29 is 23.9 Å². The highest BCUT2D eigenvalue weighted by Crippen LogP contribution is 2.31. The summed E-state index contributed by atoms with van der Waals surface area (Å²) in [5, 5.41) is 3.15. The van der Waals surface area contributed by atoms with Gasteiger partial charge in [-0.05, 0) is 43.7 Å². The standard InChI is InChI=1S/C27H40N4O5/c1-35-22-17-21(18-23(19-22)36-2)27(34)31-15-13-30(14-16-31)25(20-7-3-4-8-20)26(33)28-10-6-12-29-11-5-9-24(29)32/h17-20,25H,3-16H2,1-2H3,(H,28,33). The summed E-state index contributed by atoms with van der Waals surface area (Å²) < 4.78 is 10.6. The number of hydrogen-bond donors (Lipinski definition) is 1. The minimum Gasteiger partial charge on any atom is -0.497 e. The summed E-state index contributed by atoms with van der Waals surface area (Å²) in [7, 11) is 3.14. The molecule has 1 aromatic carbocycles. The molecule has 0 spiro atoms. The summed E-state index contributed by atoms with van der Waals surface area (Å²) in [5.74, 6) is 1.80. The third kappa shape index (κ3) is 6.30. The summed E-state index contributed by atoms with van der Waals surface area (Å²) in [5.41, 5.74) is 0.543. The van der Waals surface area contributed by atoms with Crippen LogP contribution in [0, 0.1) is 5.92 Å². The number of rotatable bonds is 10. The maximum absolute atomic E-state index is 13.3. The van der Waals surface area contributed by atoms with Crippen LogP contribution < -0.4 is 14.8 Å². The lowest BCUT2D eigenvalue weighted by Gasteiger charge is -2.40. The van der Waals surface area contributed by atoms with Crippen LogP contribution in [0.3, 0.4) is 0 Å². The summed E-state index contributed by atoms with van der Waals surface area (Å²) in [6.07, 6.45) is 6.85. The molecule has 2 aliphatic heterocycles. The first kappa shape index (κ1) is 26.3. The summed E-state index contributed by atoms with van der Waals surface area (Å²) in [6, 6.07) is 5.07. The van der Waals surface area contributed by atoms with Gasteiger partial charge in [-0.15, -0.1) is 0 Å². The molecule has 36 heavy (non-hydrogen) atoms. The van der Waals surface area contributed by atoms with E-state index in [1.165, 1.54) is 12.8 Å². The Morgan fingerprint density at radius 2 is 1.64 bits per heavy atom. The zero-order valence-electron chi connectivity index (χ0n) is 21.7. The highest BCUT2D eigenvalue weighted by molar-refractivity contribution is 5.95. The highest BCUT2D eigenvalue weighted by atomic mass is 16.5. The third-order valence-electron chi connectivity index (χ3n) is 7.78. The molecule has 0 radical (unpaired) electrons. The molecule has 1 unspecified atom stereocenters. The molecule has 4 rings (SSSR count). The lowest BCUT2D eigenvalue weighted by Crippen LogP contribution is -2.58.